The molecule has 1 amide bonds. The van der Waals surface area contributed by atoms with Gasteiger partial charge < -0.3 is 10.1 Å². The monoisotopic (exact) mass is 273 g/mol. The number of alkyl carbamates (subject to hydrolysis) is 1. The molecule has 3 nitrogen and oxygen atoms in total. The molecule has 1 aliphatic rings. The maximum absolute atomic E-state index is 12.5. The molecule has 0 spiro atoms. The molecule has 1 N–H and O–H groups in total. The van der Waals surface area contributed by atoms with E-state index in [1.165, 1.54) is 12.1 Å². The normalized spacial score (nSPS) is 16.8. The number of rotatable bonds is 3. The van der Waals surface area contributed by atoms with E-state index in [1.807, 2.05) is 0 Å². The molecule has 0 bridgehead atoms. The number of ether oxygens (including phenoxy) is 1. The van der Waals surface area contributed by atoms with Gasteiger partial charge in [0, 0.05) is 0 Å². The standard InChI is InChI=1S/C13H14F3NO2/c1-2-19-11(18)17-12(7-8-12)9-3-5-10(6-4-9)13(14,15)16/h3-6H,2,7-8H2,1H3,(H,17,18). The van der Waals surface area contributed by atoms with Crippen LogP contribution in [0.5, 0.6) is 0 Å². The number of amides is 1. The van der Waals surface area contributed by atoms with Gasteiger partial charge in [-0.25, -0.2) is 4.79 Å². The number of hydrogen-bond donors (Lipinski definition) is 1. The number of carbonyl (C=O) groups excluding carboxylic acids is 1. The highest BCUT2D eigenvalue weighted by atomic mass is 19.4. The van der Waals surface area contributed by atoms with Crippen molar-refractivity contribution in [3.8, 4) is 0 Å². The molecule has 0 atom stereocenters. The second kappa shape index (κ2) is 4.75. The Balaban J connectivity index is 2.12. The lowest BCUT2D eigenvalue weighted by molar-refractivity contribution is -0.137. The molecule has 6 heteroatoms. The van der Waals surface area contributed by atoms with Gasteiger partial charge in [-0.05, 0) is 37.5 Å². The van der Waals surface area contributed by atoms with Crippen molar-refractivity contribution in [1.82, 2.24) is 5.32 Å². The summed E-state index contributed by atoms with van der Waals surface area (Å²) < 4.78 is 42.1. The molecule has 0 heterocycles. The molecule has 2 rings (SSSR count). The van der Waals surface area contributed by atoms with Crippen LogP contribution in [0.15, 0.2) is 24.3 Å². The molecule has 1 saturated carbocycles. The fourth-order valence-corrected chi connectivity index (χ4v) is 1.95. The predicted molar refractivity (Wildman–Crippen MR) is 62.5 cm³/mol. The SMILES string of the molecule is CCOC(=O)NC1(c2ccc(C(F)(F)F)cc2)CC1. The van der Waals surface area contributed by atoms with Gasteiger partial charge in [0.2, 0.25) is 0 Å². The van der Waals surface area contributed by atoms with Crippen LogP contribution in [0, 0.1) is 0 Å². The maximum Gasteiger partial charge on any atom is 0.416 e. The topological polar surface area (TPSA) is 38.3 Å². The van der Waals surface area contributed by atoms with Crippen LogP contribution in [0.1, 0.15) is 30.9 Å². The van der Waals surface area contributed by atoms with Gasteiger partial charge in [0.15, 0.2) is 0 Å². The van der Waals surface area contributed by atoms with E-state index >= 15 is 0 Å². The second-order valence-corrected chi connectivity index (χ2v) is 4.50. The first-order valence-electron chi connectivity index (χ1n) is 6.00. The second-order valence-electron chi connectivity index (χ2n) is 4.50. The van der Waals surface area contributed by atoms with E-state index in [0.717, 1.165) is 12.1 Å². The molecule has 1 aromatic carbocycles. The third-order valence-electron chi connectivity index (χ3n) is 3.13. The van der Waals surface area contributed by atoms with Crippen LogP contribution in [-0.2, 0) is 16.5 Å². The summed E-state index contributed by atoms with van der Waals surface area (Å²) in [7, 11) is 0. The minimum Gasteiger partial charge on any atom is -0.450 e. The van der Waals surface area contributed by atoms with Crippen LogP contribution in [-0.4, -0.2) is 12.7 Å². The molecule has 1 aliphatic carbocycles. The van der Waals surface area contributed by atoms with E-state index in [4.69, 9.17) is 4.74 Å². The third-order valence-corrected chi connectivity index (χ3v) is 3.13. The van der Waals surface area contributed by atoms with E-state index in [2.05, 4.69) is 5.32 Å². The number of nitrogens with one attached hydrogen (secondary N) is 1. The molecule has 19 heavy (non-hydrogen) atoms. The molecule has 0 saturated heterocycles. The van der Waals surface area contributed by atoms with Crippen molar-refractivity contribution < 1.29 is 22.7 Å². The summed E-state index contributed by atoms with van der Waals surface area (Å²) in [6, 6.07) is 4.87. The molecule has 1 fully saturated rings. The van der Waals surface area contributed by atoms with Gasteiger partial charge >= 0.3 is 12.3 Å². The Labute approximate surface area is 108 Å². The number of carbonyl (C=O) groups is 1. The minimum atomic E-state index is -4.34. The zero-order valence-corrected chi connectivity index (χ0v) is 10.4. The fraction of sp³-hybridized carbons (Fsp3) is 0.462. The van der Waals surface area contributed by atoms with E-state index in [1.54, 1.807) is 6.92 Å². The molecule has 0 aromatic heterocycles. The molecular weight excluding hydrogens is 259 g/mol. The Hall–Kier alpha value is -1.72. The molecule has 0 unspecified atom stereocenters. The van der Waals surface area contributed by atoms with Crippen molar-refractivity contribution in [3.63, 3.8) is 0 Å². The van der Waals surface area contributed by atoms with E-state index in [-0.39, 0.29) is 6.61 Å². The zero-order valence-electron chi connectivity index (χ0n) is 10.4. The van der Waals surface area contributed by atoms with Crippen LogP contribution in [0.3, 0.4) is 0 Å². The molecule has 0 radical (unpaired) electrons. The van der Waals surface area contributed by atoms with Crippen molar-refractivity contribution in [2.24, 2.45) is 0 Å². The van der Waals surface area contributed by atoms with Crippen LogP contribution < -0.4 is 5.32 Å². The highest BCUT2D eigenvalue weighted by molar-refractivity contribution is 5.69. The number of alkyl halides is 3. The highest BCUT2D eigenvalue weighted by Crippen LogP contribution is 2.46. The van der Waals surface area contributed by atoms with E-state index in [0.29, 0.717) is 18.4 Å². The lowest BCUT2D eigenvalue weighted by Gasteiger charge is -2.18. The summed E-state index contributed by atoms with van der Waals surface area (Å²) in [6.07, 6.45) is -3.47. The van der Waals surface area contributed by atoms with E-state index in [9.17, 15) is 18.0 Å². The molecule has 0 aliphatic heterocycles. The van der Waals surface area contributed by atoms with Gasteiger partial charge in [-0.3, -0.25) is 0 Å². The Kier molecular flexibility index (Phi) is 3.43. The average Bonchev–Trinajstić information content (AvgIpc) is 3.09. The number of halogens is 3. The largest absolute Gasteiger partial charge is 0.450 e. The first-order valence-corrected chi connectivity index (χ1v) is 6.00. The molecule has 104 valence electrons. The summed E-state index contributed by atoms with van der Waals surface area (Å²) in [4.78, 5) is 11.4. The van der Waals surface area contributed by atoms with Crippen LogP contribution in [0.25, 0.3) is 0 Å². The van der Waals surface area contributed by atoms with Gasteiger partial charge in [-0.1, -0.05) is 12.1 Å². The van der Waals surface area contributed by atoms with Gasteiger partial charge in [-0.2, -0.15) is 13.2 Å². The van der Waals surface area contributed by atoms with Crippen LogP contribution in [0.2, 0.25) is 0 Å². The van der Waals surface area contributed by atoms with Gasteiger partial charge in [-0.15, -0.1) is 0 Å². The maximum atomic E-state index is 12.5. The summed E-state index contributed by atoms with van der Waals surface area (Å²) in [5.74, 6) is 0. The minimum absolute atomic E-state index is 0.259. The summed E-state index contributed by atoms with van der Waals surface area (Å²) in [5, 5.41) is 2.70. The van der Waals surface area contributed by atoms with Crippen LogP contribution >= 0.6 is 0 Å². The van der Waals surface area contributed by atoms with Gasteiger partial charge in [0.25, 0.3) is 0 Å². The van der Waals surface area contributed by atoms with Gasteiger partial charge in [0.05, 0.1) is 17.7 Å². The average molecular weight is 273 g/mol. The molecular formula is C13H14F3NO2. The van der Waals surface area contributed by atoms with Crippen molar-refractivity contribution in [1.29, 1.82) is 0 Å². The summed E-state index contributed by atoms with van der Waals surface area (Å²) in [6.45, 7) is 1.95. The van der Waals surface area contributed by atoms with Gasteiger partial charge in [0.1, 0.15) is 0 Å². The third kappa shape index (κ3) is 3.00. The Morgan fingerprint density at radius 3 is 2.32 bits per heavy atom. The van der Waals surface area contributed by atoms with Crippen molar-refractivity contribution in [2.75, 3.05) is 6.61 Å². The number of hydrogen-bond acceptors (Lipinski definition) is 2. The lowest BCUT2D eigenvalue weighted by Crippen LogP contribution is -2.35. The quantitative estimate of drug-likeness (QED) is 0.916. The Morgan fingerprint density at radius 2 is 1.89 bits per heavy atom. The lowest BCUT2D eigenvalue weighted by atomic mass is 10.0. The zero-order chi connectivity index (χ0) is 14.1. The predicted octanol–water partition coefficient (Wildman–Crippen LogP) is 3.44. The Bertz CT molecular complexity index is 464. The van der Waals surface area contributed by atoms with Crippen molar-refractivity contribution in [2.45, 2.75) is 31.5 Å². The van der Waals surface area contributed by atoms with Crippen LogP contribution in [0.4, 0.5) is 18.0 Å². The van der Waals surface area contributed by atoms with Crippen molar-refractivity contribution in [3.05, 3.63) is 35.4 Å². The fourth-order valence-electron chi connectivity index (χ4n) is 1.95. The molecule has 1 aromatic rings. The van der Waals surface area contributed by atoms with E-state index < -0.39 is 23.4 Å². The first kappa shape index (κ1) is 13.7. The summed E-state index contributed by atoms with van der Waals surface area (Å²) >= 11 is 0. The smallest absolute Gasteiger partial charge is 0.416 e. The van der Waals surface area contributed by atoms with Crippen molar-refractivity contribution >= 4 is 6.09 Å². The first-order chi connectivity index (χ1) is 8.87. The number of benzene rings is 1. The Morgan fingerprint density at radius 1 is 1.32 bits per heavy atom. The highest BCUT2D eigenvalue weighted by Gasteiger charge is 2.46. The summed E-state index contributed by atoms with van der Waals surface area (Å²) in [5.41, 5.74) is -0.576.